The molecule has 0 fully saturated rings. The molecule has 1 unspecified atom stereocenters. The average molecular weight is 299 g/mol. The first-order chi connectivity index (χ1) is 9.69. The molecular weight excluding hydrogens is 281 g/mol. The van der Waals surface area contributed by atoms with Gasteiger partial charge in [0.15, 0.2) is 0 Å². The Morgan fingerprint density at radius 2 is 2.19 bits per heavy atom. The molecule has 0 aliphatic rings. The van der Waals surface area contributed by atoms with Gasteiger partial charge in [0.25, 0.3) is 0 Å². The minimum Gasteiger partial charge on any atom is -0.478 e. The molecule has 0 bridgehead atoms. The van der Waals surface area contributed by atoms with E-state index in [1.54, 1.807) is 20.8 Å². The maximum absolute atomic E-state index is 13.1. The van der Waals surface area contributed by atoms with Crippen molar-refractivity contribution < 1.29 is 23.8 Å². The monoisotopic (exact) mass is 299 g/mol. The summed E-state index contributed by atoms with van der Waals surface area (Å²) in [7, 11) is 0. The molecule has 0 aliphatic carbocycles. The SMILES string of the molecule is CC(C)(C)OC(=O)C(=CF)C(CN)n1cc(C(=O)O)cn1. The highest BCUT2D eigenvalue weighted by Gasteiger charge is 2.28. The summed E-state index contributed by atoms with van der Waals surface area (Å²) in [5.41, 5.74) is 4.34. The number of carboxylic acid groups (broad SMARTS) is 1. The topological polar surface area (TPSA) is 107 Å². The number of esters is 1. The number of hydrogen-bond acceptors (Lipinski definition) is 5. The van der Waals surface area contributed by atoms with E-state index in [0.717, 1.165) is 10.9 Å². The van der Waals surface area contributed by atoms with E-state index < -0.39 is 23.6 Å². The van der Waals surface area contributed by atoms with Gasteiger partial charge in [-0.3, -0.25) is 4.68 Å². The first-order valence-electron chi connectivity index (χ1n) is 6.20. The van der Waals surface area contributed by atoms with E-state index in [4.69, 9.17) is 15.6 Å². The molecule has 0 aromatic carbocycles. The number of nitrogens with zero attached hydrogens (tertiary/aromatic N) is 2. The van der Waals surface area contributed by atoms with E-state index >= 15 is 0 Å². The minimum absolute atomic E-state index is 0.0872. The second-order valence-corrected chi connectivity index (χ2v) is 5.33. The van der Waals surface area contributed by atoms with Gasteiger partial charge in [-0.25, -0.2) is 14.0 Å². The summed E-state index contributed by atoms with van der Waals surface area (Å²) < 4.78 is 19.3. The van der Waals surface area contributed by atoms with Crippen molar-refractivity contribution in [1.29, 1.82) is 0 Å². The summed E-state index contributed by atoms with van der Waals surface area (Å²) in [4.78, 5) is 22.8. The Labute approximate surface area is 121 Å². The van der Waals surface area contributed by atoms with Gasteiger partial charge >= 0.3 is 11.9 Å². The fraction of sp³-hybridized carbons (Fsp3) is 0.462. The van der Waals surface area contributed by atoms with Gasteiger partial charge in [-0.15, -0.1) is 0 Å². The lowest BCUT2D eigenvalue weighted by molar-refractivity contribution is -0.150. The van der Waals surface area contributed by atoms with Gasteiger partial charge in [-0.2, -0.15) is 5.10 Å². The van der Waals surface area contributed by atoms with Gasteiger partial charge in [0, 0.05) is 12.7 Å². The number of nitrogens with two attached hydrogens (primary N) is 1. The lowest BCUT2D eigenvalue weighted by atomic mass is 10.1. The van der Waals surface area contributed by atoms with E-state index in [-0.39, 0.29) is 24.0 Å². The highest BCUT2D eigenvalue weighted by Crippen LogP contribution is 2.21. The van der Waals surface area contributed by atoms with Crippen LogP contribution in [0.4, 0.5) is 4.39 Å². The van der Waals surface area contributed by atoms with Crippen LogP contribution in [0, 0.1) is 0 Å². The zero-order valence-corrected chi connectivity index (χ0v) is 12.0. The minimum atomic E-state index is -1.18. The van der Waals surface area contributed by atoms with Gasteiger partial charge in [-0.1, -0.05) is 0 Å². The highest BCUT2D eigenvalue weighted by atomic mass is 19.1. The Kier molecular flexibility index (Phi) is 5.20. The smallest absolute Gasteiger partial charge is 0.339 e. The van der Waals surface area contributed by atoms with Crippen LogP contribution in [0.3, 0.4) is 0 Å². The number of halogens is 1. The number of carbonyl (C=O) groups excluding carboxylic acids is 1. The molecule has 0 radical (unpaired) electrons. The maximum Gasteiger partial charge on any atom is 0.339 e. The van der Waals surface area contributed by atoms with E-state index in [1.807, 2.05) is 0 Å². The fourth-order valence-corrected chi connectivity index (χ4v) is 1.59. The van der Waals surface area contributed by atoms with Crippen molar-refractivity contribution in [3.05, 3.63) is 29.9 Å². The Morgan fingerprint density at radius 3 is 2.57 bits per heavy atom. The lowest BCUT2D eigenvalue weighted by Crippen LogP contribution is -2.31. The number of hydrogen-bond donors (Lipinski definition) is 2. The predicted molar refractivity (Wildman–Crippen MR) is 72.3 cm³/mol. The third kappa shape index (κ3) is 4.38. The molecule has 0 saturated heterocycles. The molecule has 1 heterocycles. The standard InChI is InChI=1S/C13H18FN3O4/c1-13(2,3)21-12(20)9(4-14)10(5-15)17-7-8(6-16-17)11(18)19/h4,6-7,10H,5,15H2,1-3H3,(H,18,19). The van der Waals surface area contributed by atoms with Gasteiger partial charge in [0.1, 0.15) is 5.60 Å². The first kappa shape index (κ1) is 16.8. The van der Waals surface area contributed by atoms with Gasteiger partial charge in [-0.05, 0) is 20.8 Å². The van der Waals surface area contributed by atoms with Crippen LogP contribution in [0.5, 0.6) is 0 Å². The number of carbonyl (C=O) groups is 2. The number of aromatic carboxylic acids is 1. The molecule has 1 aromatic rings. The Bertz CT molecular complexity index is 560. The Balaban J connectivity index is 3.05. The van der Waals surface area contributed by atoms with Crippen molar-refractivity contribution in [3.8, 4) is 0 Å². The molecule has 0 spiro atoms. The van der Waals surface area contributed by atoms with Crippen LogP contribution in [-0.2, 0) is 9.53 Å². The summed E-state index contributed by atoms with van der Waals surface area (Å²) in [6.45, 7) is 4.80. The fourth-order valence-electron chi connectivity index (χ4n) is 1.59. The summed E-state index contributed by atoms with van der Waals surface area (Å²) in [6, 6.07) is -0.946. The third-order valence-electron chi connectivity index (χ3n) is 2.50. The Morgan fingerprint density at radius 1 is 1.57 bits per heavy atom. The largest absolute Gasteiger partial charge is 0.478 e. The van der Waals surface area contributed by atoms with Gasteiger partial charge < -0.3 is 15.6 Å². The van der Waals surface area contributed by atoms with Gasteiger partial charge in [0.05, 0.1) is 29.7 Å². The molecule has 0 amide bonds. The zero-order valence-electron chi connectivity index (χ0n) is 12.0. The number of carboxylic acids is 1. The van der Waals surface area contributed by atoms with E-state index in [2.05, 4.69) is 5.10 Å². The van der Waals surface area contributed by atoms with Crippen molar-refractivity contribution >= 4 is 11.9 Å². The molecule has 21 heavy (non-hydrogen) atoms. The molecule has 3 N–H and O–H groups in total. The second-order valence-electron chi connectivity index (χ2n) is 5.33. The van der Waals surface area contributed by atoms with Crippen molar-refractivity contribution in [3.63, 3.8) is 0 Å². The predicted octanol–water partition coefficient (Wildman–Crippen LogP) is 1.28. The highest BCUT2D eigenvalue weighted by molar-refractivity contribution is 5.90. The summed E-state index contributed by atoms with van der Waals surface area (Å²) >= 11 is 0. The lowest BCUT2D eigenvalue weighted by Gasteiger charge is -2.23. The van der Waals surface area contributed by atoms with Crippen LogP contribution in [0.1, 0.15) is 37.2 Å². The van der Waals surface area contributed by atoms with Crippen LogP contribution in [-0.4, -0.2) is 39.0 Å². The second kappa shape index (κ2) is 6.49. The van der Waals surface area contributed by atoms with E-state index in [1.165, 1.54) is 6.20 Å². The molecule has 116 valence electrons. The van der Waals surface area contributed by atoms with Gasteiger partial charge in [0.2, 0.25) is 0 Å². The van der Waals surface area contributed by atoms with E-state index in [0.29, 0.717) is 0 Å². The molecule has 8 heteroatoms. The van der Waals surface area contributed by atoms with Crippen molar-refractivity contribution in [2.24, 2.45) is 5.73 Å². The van der Waals surface area contributed by atoms with Crippen LogP contribution in [0.15, 0.2) is 24.3 Å². The summed E-state index contributed by atoms with van der Waals surface area (Å²) in [5, 5.41) is 12.6. The molecule has 1 aromatic heterocycles. The Hall–Kier alpha value is -2.22. The van der Waals surface area contributed by atoms with Crippen molar-refractivity contribution in [2.45, 2.75) is 32.4 Å². The average Bonchev–Trinajstić information content (AvgIpc) is 2.82. The number of aromatic nitrogens is 2. The molecule has 1 atom stereocenters. The van der Waals surface area contributed by atoms with Crippen molar-refractivity contribution in [1.82, 2.24) is 9.78 Å². The zero-order chi connectivity index (χ0) is 16.2. The molecular formula is C13H18FN3O4. The molecule has 7 nitrogen and oxygen atoms in total. The van der Waals surface area contributed by atoms with Crippen LogP contribution in [0.25, 0.3) is 0 Å². The van der Waals surface area contributed by atoms with Crippen molar-refractivity contribution in [2.75, 3.05) is 6.54 Å². The van der Waals surface area contributed by atoms with Crippen LogP contribution in [0.2, 0.25) is 0 Å². The van der Waals surface area contributed by atoms with Crippen LogP contribution < -0.4 is 5.73 Å². The maximum atomic E-state index is 13.1. The molecule has 0 saturated carbocycles. The van der Waals surface area contributed by atoms with Crippen LogP contribution >= 0.6 is 0 Å². The third-order valence-corrected chi connectivity index (χ3v) is 2.50. The quantitative estimate of drug-likeness (QED) is 0.626. The summed E-state index contributed by atoms with van der Waals surface area (Å²) in [6.07, 6.45) is 2.37. The van der Waals surface area contributed by atoms with E-state index in [9.17, 15) is 14.0 Å². The molecule has 1 rings (SSSR count). The number of ether oxygens (including phenoxy) is 1. The molecule has 0 aliphatic heterocycles. The first-order valence-corrected chi connectivity index (χ1v) is 6.20. The number of rotatable bonds is 5. The summed E-state index contributed by atoms with van der Waals surface area (Å²) in [5.74, 6) is -2.05. The normalized spacial score (nSPS) is 13.9.